The minimum Gasteiger partial charge on any atom is -0.494 e. The van der Waals surface area contributed by atoms with Crippen LogP contribution in [0.4, 0.5) is 0 Å². The number of ether oxygens (including phenoxy) is 2. The third-order valence-corrected chi connectivity index (χ3v) is 4.11. The molecule has 168 valence electrons. The molecule has 0 atom stereocenters. The van der Waals surface area contributed by atoms with Crippen molar-refractivity contribution in [3.8, 4) is 5.75 Å². The number of halogens is 1. The first-order valence-electron chi connectivity index (χ1n) is 10.6. The largest absolute Gasteiger partial charge is 0.494 e. The Morgan fingerprint density at radius 3 is 2.34 bits per heavy atom. The SMILES string of the molecule is CCCCOCCCNC(=NCc1ccc(OCCCN(C)C)cc1)NCC.I. The molecule has 0 bridgehead atoms. The van der Waals surface area contributed by atoms with Gasteiger partial charge in [0.15, 0.2) is 5.96 Å². The first-order chi connectivity index (χ1) is 13.7. The Morgan fingerprint density at radius 2 is 1.69 bits per heavy atom. The van der Waals surface area contributed by atoms with Crippen molar-refractivity contribution in [1.82, 2.24) is 15.5 Å². The lowest BCUT2D eigenvalue weighted by Gasteiger charge is -2.12. The predicted octanol–water partition coefficient (Wildman–Crippen LogP) is 3.90. The van der Waals surface area contributed by atoms with Gasteiger partial charge in [-0.2, -0.15) is 0 Å². The molecule has 0 saturated heterocycles. The molecular weight excluding hydrogens is 479 g/mol. The molecule has 2 N–H and O–H groups in total. The summed E-state index contributed by atoms with van der Waals surface area (Å²) in [4.78, 5) is 6.83. The first-order valence-corrected chi connectivity index (χ1v) is 10.6. The molecule has 0 radical (unpaired) electrons. The number of guanidine groups is 1. The summed E-state index contributed by atoms with van der Waals surface area (Å²) in [5.74, 6) is 1.76. The van der Waals surface area contributed by atoms with Crippen molar-refractivity contribution in [2.75, 3.05) is 53.6 Å². The second kappa shape index (κ2) is 18.9. The quantitative estimate of drug-likeness (QED) is 0.159. The zero-order chi connectivity index (χ0) is 20.5. The van der Waals surface area contributed by atoms with Crippen molar-refractivity contribution < 1.29 is 9.47 Å². The molecular formula is C22H41IN4O2. The molecule has 0 amide bonds. The lowest BCUT2D eigenvalue weighted by Crippen LogP contribution is -2.38. The minimum atomic E-state index is 0. The summed E-state index contributed by atoms with van der Waals surface area (Å²) in [5, 5.41) is 6.66. The van der Waals surface area contributed by atoms with E-state index in [1.807, 2.05) is 12.1 Å². The lowest BCUT2D eigenvalue weighted by atomic mass is 10.2. The molecule has 0 aliphatic carbocycles. The molecule has 0 heterocycles. The molecule has 0 aliphatic heterocycles. The van der Waals surface area contributed by atoms with Gasteiger partial charge in [0, 0.05) is 32.8 Å². The molecule has 0 fully saturated rings. The second-order valence-corrected chi connectivity index (χ2v) is 7.09. The summed E-state index contributed by atoms with van der Waals surface area (Å²) < 4.78 is 11.4. The van der Waals surface area contributed by atoms with Crippen molar-refractivity contribution in [3.63, 3.8) is 0 Å². The molecule has 1 rings (SSSR count). The Morgan fingerprint density at radius 1 is 0.966 bits per heavy atom. The van der Waals surface area contributed by atoms with Gasteiger partial charge in [-0.15, -0.1) is 24.0 Å². The Balaban J connectivity index is 0.00000784. The third-order valence-electron chi connectivity index (χ3n) is 4.11. The van der Waals surface area contributed by atoms with Gasteiger partial charge in [0.1, 0.15) is 5.75 Å². The standard InChI is InChI=1S/C22H40N4O2.HI/c1-5-7-16-27-17-8-14-24-22(23-6-2)25-19-20-10-12-21(13-11-20)28-18-9-15-26(3)4;/h10-13H,5-9,14-19H2,1-4H3,(H2,23,24,25);1H. The van der Waals surface area contributed by atoms with Crippen LogP contribution in [0.5, 0.6) is 5.75 Å². The van der Waals surface area contributed by atoms with E-state index in [2.05, 4.69) is 60.6 Å². The number of unbranched alkanes of at least 4 members (excludes halogenated alkanes) is 1. The summed E-state index contributed by atoms with van der Waals surface area (Å²) in [6, 6.07) is 8.20. The van der Waals surface area contributed by atoms with Crippen LogP contribution in [0.1, 0.15) is 45.1 Å². The van der Waals surface area contributed by atoms with Crippen LogP contribution >= 0.6 is 24.0 Å². The number of hydrogen-bond donors (Lipinski definition) is 2. The van der Waals surface area contributed by atoms with Gasteiger partial charge in [0.25, 0.3) is 0 Å². The lowest BCUT2D eigenvalue weighted by molar-refractivity contribution is 0.129. The van der Waals surface area contributed by atoms with Gasteiger partial charge in [-0.05, 0) is 58.0 Å². The van der Waals surface area contributed by atoms with Crippen LogP contribution in [0.2, 0.25) is 0 Å². The van der Waals surface area contributed by atoms with E-state index in [1.165, 1.54) is 12.0 Å². The molecule has 29 heavy (non-hydrogen) atoms. The molecule has 1 aromatic carbocycles. The van der Waals surface area contributed by atoms with Crippen LogP contribution in [-0.2, 0) is 11.3 Å². The molecule has 0 aliphatic rings. The maximum absolute atomic E-state index is 5.78. The maximum atomic E-state index is 5.78. The van der Waals surface area contributed by atoms with E-state index in [1.54, 1.807) is 0 Å². The number of hydrogen-bond acceptors (Lipinski definition) is 4. The van der Waals surface area contributed by atoms with Gasteiger partial charge in [-0.3, -0.25) is 0 Å². The summed E-state index contributed by atoms with van der Waals surface area (Å²) in [6.07, 6.45) is 4.32. The third kappa shape index (κ3) is 15.4. The second-order valence-electron chi connectivity index (χ2n) is 7.09. The molecule has 0 saturated carbocycles. The van der Waals surface area contributed by atoms with Gasteiger partial charge in [0.05, 0.1) is 13.2 Å². The minimum absolute atomic E-state index is 0. The van der Waals surface area contributed by atoms with Crippen molar-refractivity contribution in [2.45, 2.75) is 46.1 Å². The molecule has 6 nitrogen and oxygen atoms in total. The zero-order valence-electron chi connectivity index (χ0n) is 18.7. The Kier molecular flexibility index (Phi) is 18.2. The van der Waals surface area contributed by atoms with Gasteiger partial charge in [0.2, 0.25) is 0 Å². The monoisotopic (exact) mass is 520 g/mol. The van der Waals surface area contributed by atoms with Gasteiger partial charge < -0.3 is 25.0 Å². The average molecular weight is 521 g/mol. The number of rotatable bonds is 15. The topological polar surface area (TPSA) is 58.1 Å². The van der Waals surface area contributed by atoms with Crippen molar-refractivity contribution in [1.29, 1.82) is 0 Å². The van der Waals surface area contributed by atoms with E-state index in [4.69, 9.17) is 9.47 Å². The Bertz CT molecular complexity index is 524. The summed E-state index contributed by atoms with van der Waals surface area (Å²) >= 11 is 0. The summed E-state index contributed by atoms with van der Waals surface area (Å²) in [5.41, 5.74) is 1.17. The van der Waals surface area contributed by atoms with E-state index in [-0.39, 0.29) is 24.0 Å². The number of nitrogens with zero attached hydrogens (tertiary/aromatic N) is 2. The van der Waals surface area contributed by atoms with E-state index >= 15 is 0 Å². The fourth-order valence-corrected chi connectivity index (χ4v) is 2.50. The van der Waals surface area contributed by atoms with Crippen LogP contribution in [-0.4, -0.2) is 64.4 Å². The smallest absolute Gasteiger partial charge is 0.191 e. The fourth-order valence-electron chi connectivity index (χ4n) is 2.50. The first kappa shape index (κ1) is 27.9. The van der Waals surface area contributed by atoms with Gasteiger partial charge >= 0.3 is 0 Å². The van der Waals surface area contributed by atoms with Crippen LogP contribution in [0.25, 0.3) is 0 Å². The van der Waals surface area contributed by atoms with Crippen molar-refractivity contribution in [2.24, 2.45) is 4.99 Å². The van der Waals surface area contributed by atoms with Crippen LogP contribution in [0.15, 0.2) is 29.3 Å². The number of nitrogens with one attached hydrogen (secondary N) is 2. The molecule has 0 aromatic heterocycles. The molecule has 0 unspecified atom stereocenters. The van der Waals surface area contributed by atoms with E-state index in [9.17, 15) is 0 Å². The Labute approximate surface area is 194 Å². The predicted molar refractivity (Wildman–Crippen MR) is 134 cm³/mol. The van der Waals surface area contributed by atoms with Crippen LogP contribution in [0.3, 0.4) is 0 Å². The van der Waals surface area contributed by atoms with E-state index in [0.717, 1.165) is 70.4 Å². The van der Waals surface area contributed by atoms with Crippen molar-refractivity contribution >= 4 is 29.9 Å². The zero-order valence-corrected chi connectivity index (χ0v) is 21.0. The maximum Gasteiger partial charge on any atom is 0.191 e. The average Bonchev–Trinajstić information content (AvgIpc) is 2.69. The van der Waals surface area contributed by atoms with Crippen molar-refractivity contribution in [3.05, 3.63) is 29.8 Å². The highest BCUT2D eigenvalue weighted by Crippen LogP contribution is 2.13. The highest BCUT2D eigenvalue weighted by molar-refractivity contribution is 14.0. The number of benzene rings is 1. The van der Waals surface area contributed by atoms with Gasteiger partial charge in [-0.1, -0.05) is 25.5 Å². The van der Waals surface area contributed by atoms with E-state index < -0.39 is 0 Å². The van der Waals surface area contributed by atoms with Gasteiger partial charge in [-0.25, -0.2) is 4.99 Å². The summed E-state index contributed by atoms with van der Waals surface area (Å²) in [7, 11) is 4.15. The molecule has 0 spiro atoms. The Hall–Kier alpha value is -1.06. The van der Waals surface area contributed by atoms with E-state index in [0.29, 0.717) is 6.54 Å². The normalized spacial score (nSPS) is 11.3. The molecule has 1 aromatic rings. The highest BCUT2D eigenvalue weighted by atomic mass is 127. The summed E-state index contributed by atoms with van der Waals surface area (Å²) in [6.45, 7) is 10.0. The molecule has 7 heteroatoms. The highest BCUT2D eigenvalue weighted by Gasteiger charge is 1.99. The fraction of sp³-hybridized carbons (Fsp3) is 0.682. The van der Waals surface area contributed by atoms with Crippen LogP contribution in [0, 0.1) is 0 Å². The number of aliphatic imine (C=N–C) groups is 1. The van der Waals surface area contributed by atoms with Crippen LogP contribution < -0.4 is 15.4 Å².